The molecule has 1 atom stereocenters. The summed E-state index contributed by atoms with van der Waals surface area (Å²) >= 11 is 1.68. The van der Waals surface area contributed by atoms with Crippen LogP contribution in [-0.4, -0.2) is 11.7 Å². The summed E-state index contributed by atoms with van der Waals surface area (Å²) in [5.41, 5.74) is 5.23. The fraction of sp³-hybridized carbons (Fsp3) is 0.350. The molecule has 0 spiro atoms. The number of hydrogen-bond donors (Lipinski definition) is 1. The van der Waals surface area contributed by atoms with Crippen molar-refractivity contribution in [3.63, 3.8) is 0 Å². The molecule has 0 aliphatic heterocycles. The number of carbonyl (C=O) groups excluding carboxylic acids is 1. The summed E-state index contributed by atoms with van der Waals surface area (Å²) < 4.78 is 0. The van der Waals surface area contributed by atoms with Gasteiger partial charge in [-0.25, -0.2) is 0 Å². The second kappa shape index (κ2) is 7.69. The Morgan fingerprint density at radius 1 is 1.17 bits per heavy atom. The summed E-state index contributed by atoms with van der Waals surface area (Å²) in [6.45, 7) is 2.09. The summed E-state index contributed by atoms with van der Waals surface area (Å²) in [6.07, 6.45) is 3.33. The van der Waals surface area contributed by atoms with Crippen molar-refractivity contribution >= 4 is 17.7 Å². The molecular formula is C20H23NOS. The van der Waals surface area contributed by atoms with E-state index in [0.717, 1.165) is 25.0 Å². The molecule has 0 radical (unpaired) electrons. The van der Waals surface area contributed by atoms with Crippen LogP contribution in [0.25, 0.3) is 0 Å². The molecule has 2 aromatic rings. The zero-order chi connectivity index (χ0) is 16.1. The van der Waals surface area contributed by atoms with Gasteiger partial charge in [-0.05, 0) is 42.9 Å². The Labute approximate surface area is 142 Å². The fourth-order valence-electron chi connectivity index (χ4n) is 3.09. The van der Waals surface area contributed by atoms with Gasteiger partial charge in [-0.1, -0.05) is 54.1 Å². The predicted molar refractivity (Wildman–Crippen MR) is 97.6 cm³/mol. The first kappa shape index (κ1) is 16.1. The van der Waals surface area contributed by atoms with Gasteiger partial charge >= 0.3 is 0 Å². The minimum atomic E-state index is 0.142. The van der Waals surface area contributed by atoms with Crippen molar-refractivity contribution in [2.45, 2.75) is 38.0 Å². The van der Waals surface area contributed by atoms with Crippen LogP contribution in [0.4, 0.5) is 0 Å². The number of carbonyl (C=O) groups is 1. The number of benzene rings is 2. The van der Waals surface area contributed by atoms with Crippen molar-refractivity contribution < 1.29 is 4.79 Å². The molecule has 23 heavy (non-hydrogen) atoms. The molecule has 0 fully saturated rings. The number of rotatable bonds is 5. The van der Waals surface area contributed by atoms with E-state index in [0.29, 0.717) is 5.75 Å². The number of amides is 1. The maximum atomic E-state index is 12.2. The van der Waals surface area contributed by atoms with Gasteiger partial charge in [0.1, 0.15) is 0 Å². The molecule has 0 bridgehead atoms. The number of thioether (sulfide) groups is 1. The number of aryl methyl sites for hydroxylation is 2. The van der Waals surface area contributed by atoms with E-state index >= 15 is 0 Å². The Bertz CT molecular complexity index is 666. The number of nitrogens with one attached hydrogen (secondary N) is 1. The van der Waals surface area contributed by atoms with E-state index in [1.54, 1.807) is 11.8 Å². The topological polar surface area (TPSA) is 29.1 Å². The van der Waals surface area contributed by atoms with E-state index in [9.17, 15) is 4.79 Å². The average Bonchev–Trinajstić information content (AvgIpc) is 2.57. The molecule has 0 aromatic heterocycles. The minimum absolute atomic E-state index is 0.142. The van der Waals surface area contributed by atoms with Gasteiger partial charge in [0.25, 0.3) is 0 Å². The maximum absolute atomic E-state index is 12.2. The van der Waals surface area contributed by atoms with Crippen LogP contribution in [0.1, 0.15) is 41.1 Å². The van der Waals surface area contributed by atoms with Gasteiger partial charge in [-0.2, -0.15) is 0 Å². The third-order valence-corrected chi connectivity index (χ3v) is 5.33. The van der Waals surface area contributed by atoms with Crippen LogP contribution in [0.2, 0.25) is 0 Å². The SMILES string of the molecule is Cc1ccc(CSCC(=O)N[C@@H]2CCCc3ccccc32)cc1. The fourth-order valence-corrected chi connectivity index (χ4v) is 3.88. The first-order chi connectivity index (χ1) is 11.2. The van der Waals surface area contributed by atoms with Gasteiger partial charge in [-0.15, -0.1) is 11.8 Å². The highest BCUT2D eigenvalue weighted by Crippen LogP contribution is 2.29. The Morgan fingerprint density at radius 2 is 1.96 bits per heavy atom. The van der Waals surface area contributed by atoms with Gasteiger partial charge < -0.3 is 5.32 Å². The van der Waals surface area contributed by atoms with Crippen LogP contribution in [0, 0.1) is 6.92 Å². The predicted octanol–water partition coefficient (Wildman–Crippen LogP) is 4.42. The molecule has 1 amide bonds. The number of hydrogen-bond acceptors (Lipinski definition) is 2. The van der Waals surface area contributed by atoms with E-state index in [1.807, 2.05) is 0 Å². The lowest BCUT2D eigenvalue weighted by Gasteiger charge is -2.26. The standard InChI is InChI=1S/C20H23NOS/c1-15-9-11-16(12-10-15)13-23-14-20(22)21-19-8-4-6-17-5-2-3-7-18(17)19/h2-3,5,7,9-12,19H,4,6,8,13-14H2,1H3,(H,21,22)/t19-/m1/s1. The van der Waals surface area contributed by atoms with Gasteiger partial charge in [-0.3, -0.25) is 4.79 Å². The van der Waals surface area contributed by atoms with Gasteiger partial charge in [0.05, 0.1) is 11.8 Å². The average molecular weight is 325 g/mol. The normalized spacial score (nSPS) is 16.7. The second-order valence-electron chi connectivity index (χ2n) is 6.19. The molecule has 3 rings (SSSR count). The third kappa shape index (κ3) is 4.38. The van der Waals surface area contributed by atoms with E-state index in [2.05, 4.69) is 60.8 Å². The molecule has 2 aromatic carbocycles. The molecule has 0 heterocycles. The Morgan fingerprint density at radius 3 is 2.78 bits per heavy atom. The van der Waals surface area contributed by atoms with Crippen LogP contribution in [-0.2, 0) is 17.0 Å². The van der Waals surface area contributed by atoms with Crippen molar-refractivity contribution in [2.24, 2.45) is 0 Å². The summed E-state index contributed by atoms with van der Waals surface area (Å²) in [7, 11) is 0. The highest BCUT2D eigenvalue weighted by atomic mass is 32.2. The molecule has 1 N–H and O–H groups in total. The molecule has 0 unspecified atom stereocenters. The molecule has 0 saturated carbocycles. The summed E-state index contributed by atoms with van der Waals surface area (Å²) in [5.74, 6) is 1.55. The van der Waals surface area contributed by atoms with Crippen molar-refractivity contribution in [1.82, 2.24) is 5.32 Å². The highest BCUT2D eigenvalue weighted by Gasteiger charge is 2.21. The first-order valence-corrected chi connectivity index (χ1v) is 9.38. The van der Waals surface area contributed by atoms with Crippen molar-refractivity contribution in [3.8, 4) is 0 Å². The molecule has 1 aliphatic carbocycles. The lowest BCUT2D eigenvalue weighted by atomic mass is 9.88. The molecule has 0 saturated heterocycles. The smallest absolute Gasteiger partial charge is 0.230 e. The first-order valence-electron chi connectivity index (χ1n) is 8.23. The number of fused-ring (bicyclic) bond motifs is 1. The Kier molecular flexibility index (Phi) is 5.39. The van der Waals surface area contributed by atoms with Crippen LogP contribution >= 0.6 is 11.8 Å². The molecule has 2 nitrogen and oxygen atoms in total. The van der Waals surface area contributed by atoms with Gasteiger partial charge in [0, 0.05) is 5.75 Å². The van der Waals surface area contributed by atoms with E-state index < -0.39 is 0 Å². The van der Waals surface area contributed by atoms with Crippen LogP contribution in [0.5, 0.6) is 0 Å². The highest BCUT2D eigenvalue weighted by molar-refractivity contribution is 7.99. The van der Waals surface area contributed by atoms with E-state index in [1.165, 1.54) is 22.3 Å². The van der Waals surface area contributed by atoms with Crippen LogP contribution < -0.4 is 5.32 Å². The summed E-state index contributed by atoms with van der Waals surface area (Å²) in [5, 5.41) is 3.21. The zero-order valence-electron chi connectivity index (χ0n) is 13.5. The van der Waals surface area contributed by atoms with Crippen molar-refractivity contribution in [3.05, 3.63) is 70.8 Å². The Hall–Kier alpha value is -1.74. The zero-order valence-corrected chi connectivity index (χ0v) is 14.4. The second-order valence-corrected chi connectivity index (χ2v) is 7.18. The van der Waals surface area contributed by atoms with Crippen molar-refractivity contribution in [1.29, 1.82) is 0 Å². The lowest BCUT2D eigenvalue weighted by molar-refractivity contribution is -0.119. The maximum Gasteiger partial charge on any atom is 0.230 e. The van der Waals surface area contributed by atoms with Crippen LogP contribution in [0.15, 0.2) is 48.5 Å². The molecule has 1 aliphatic rings. The minimum Gasteiger partial charge on any atom is -0.349 e. The largest absolute Gasteiger partial charge is 0.349 e. The van der Waals surface area contributed by atoms with E-state index in [4.69, 9.17) is 0 Å². The summed E-state index contributed by atoms with van der Waals surface area (Å²) in [6, 6.07) is 17.2. The molecule has 120 valence electrons. The lowest BCUT2D eigenvalue weighted by Crippen LogP contribution is -2.32. The summed E-state index contributed by atoms with van der Waals surface area (Å²) in [4.78, 5) is 12.2. The van der Waals surface area contributed by atoms with Crippen LogP contribution in [0.3, 0.4) is 0 Å². The third-order valence-electron chi connectivity index (χ3n) is 4.33. The monoisotopic (exact) mass is 325 g/mol. The van der Waals surface area contributed by atoms with Gasteiger partial charge in [0.15, 0.2) is 0 Å². The van der Waals surface area contributed by atoms with Gasteiger partial charge in [0.2, 0.25) is 5.91 Å². The van der Waals surface area contributed by atoms with E-state index in [-0.39, 0.29) is 11.9 Å². The molecular weight excluding hydrogens is 302 g/mol. The Balaban J connectivity index is 1.49. The quantitative estimate of drug-likeness (QED) is 0.881. The van der Waals surface area contributed by atoms with Crippen molar-refractivity contribution in [2.75, 3.05) is 5.75 Å². The molecule has 3 heteroatoms.